The zero-order valence-corrected chi connectivity index (χ0v) is 16.3. The average Bonchev–Trinajstić information content (AvgIpc) is 2.95. The highest BCUT2D eigenvalue weighted by molar-refractivity contribution is 7.15. The fraction of sp³-hybridized carbons (Fsp3) is 0.737. The Hall–Kier alpha value is -1.43. The molecule has 138 valence electrons. The molecule has 1 N–H and O–H groups in total. The molecule has 3 rings (SSSR count). The van der Waals surface area contributed by atoms with Crippen molar-refractivity contribution in [3.05, 3.63) is 10.6 Å². The van der Waals surface area contributed by atoms with Crippen molar-refractivity contribution in [1.29, 1.82) is 0 Å². The van der Waals surface area contributed by atoms with Gasteiger partial charge in [-0.1, -0.05) is 20.8 Å². The Balaban J connectivity index is 1.47. The van der Waals surface area contributed by atoms with E-state index in [0.29, 0.717) is 12.3 Å². The first-order valence-electron chi connectivity index (χ1n) is 9.49. The lowest BCUT2D eigenvalue weighted by Gasteiger charge is -2.32. The highest BCUT2D eigenvalue weighted by atomic mass is 32.1. The van der Waals surface area contributed by atoms with Crippen molar-refractivity contribution in [2.45, 2.75) is 59.3 Å². The maximum Gasteiger partial charge on any atom is 0.226 e. The quantitative estimate of drug-likeness (QED) is 0.891. The number of rotatable bonds is 4. The van der Waals surface area contributed by atoms with E-state index in [-0.39, 0.29) is 17.7 Å². The summed E-state index contributed by atoms with van der Waals surface area (Å²) in [5, 5.41) is 3.76. The van der Waals surface area contributed by atoms with E-state index in [1.165, 1.54) is 17.0 Å². The number of anilines is 1. The van der Waals surface area contributed by atoms with Crippen LogP contribution in [0.2, 0.25) is 0 Å². The number of aromatic nitrogens is 1. The molecule has 1 atom stereocenters. The van der Waals surface area contributed by atoms with E-state index in [1.54, 1.807) is 11.3 Å². The third-order valence-corrected chi connectivity index (χ3v) is 6.36. The number of carbonyl (C=O) groups excluding carboxylic acids is 2. The van der Waals surface area contributed by atoms with Crippen LogP contribution >= 0.6 is 11.3 Å². The van der Waals surface area contributed by atoms with Gasteiger partial charge in [-0.15, -0.1) is 11.3 Å². The van der Waals surface area contributed by atoms with Crippen molar-refractivity contribution in [1.82, 2.24) is 9.88 Å². The third kappa shape index (κ3) is 4.60. The number of nitrogens with one attached hydrogen (secondary N) is 1. The van der Waals surface area contributed by atoms with Crippen molar-refractivity contribution in [3.8, 4) is 0 Å². The molecule has 0 spiro atoms. The monoisotopic (exact) mass is 363 g/mol. The lowest BCUT2D eigenvalue weighted by Crippen LogP contribution is -2.41. The van der Waals surface area contributed by atoms with Crippen LogP contribution in [0.1, 0.15) is 57.0 Å². The number of amides is 2. The number of hydrogen-bond acceptors (Lipinski definition) is 4. The Morgan fingerprint density at radius 1 is 1.28 bits per heavy atom. The molecule has 2 amide bonds. The molecule has 0 aromatic carbocycles. The number of hydrogen-bond donors (Lipinski definition) is 1. The van der Waals surface area contributed by atoms with Gasteiger partial charge in [0, 0.05) is 30.3 Å². The highest BCUT2D eigenvalue weighted by Crippen LogP contribution is 2.32. The molecule has 2 heterocycles. The molecule has 0 bridgehead atoms. The summed E-state index contributed by atoms with van der Waals surface area (Å²) in [6.07, 6.45) is 5.67. The molecule has 1 unspecified atom stereocenters. The Bertz CT molecular complexity index is 633. The molecule has 0 saturated carbocycles. The van der Waals surface area contributed by atoms with E-state index < -0.39 is 0 Å². The zero-order valence-electron chi connectivity index (χ0n) is 15.5. The van der Waals surface area contributed by atoms with Gasteiger partial charge in [0.05, 0.1) is 5.69 Å². The standard InChI is InChI=1S/C19H29N3O2S/c1-12(2)18(24)22-8-6-14(7-9-22)11-17(23)21-19-20-15-5-4-13(3)10-16(15)25-19/h12-14H,4-11H2,1-3H3,(H,20,21,23). The first kappa shape index (κ1) is 18.4. The maximum absolute atomic E-state index is 12.4. The number of likely N-dealkylation sites (tertiary alicyclic amines) is 1. The van der Waals surface area contributed by atoms with Crippen LogP contribution in [0.4, 0.5) is 5.13 Å². The Morgan fingerprint density at radius 2 is 2.00 bits per heavy atom. The van der Waals surface area contributed by atoms with Crippen LogP contribution < -0.4 is 5.32 Å². The maximum atomic E-state index is 12.4. The van der Waals surface area contributed by atoms with Gasteiger partial charge in [-0.2, -0.15) is 0 Å². The van der Waals surface area contributed by atoms with Gasteiger partial charge in [-0.3, -0.25) is 9.59 Å². The SMILES string of the molecule is CC1CCc2nc(NC(=O)CC3CCN(C(=O)C(C)C)CC3)sc2C1. The Kier molecular flexibility index (Phi) is 5.77. The molecular weight excluding hydrogens is 334 g/mol. The van der Waals surface area contributed by atoms with Gasteiger partial charge in [0.25, 0.3) is 0 Å². The van der Waals surface area contributed by atoms with Crippen LogP contribution in [-0.2, 0) is 22.4 Å². The smallest absolute Gasteiger partial charge is 0.226 e. The number of piperidine rings is 1. The molecular formula is C19H29N3O2S. The predicted molar refractivity (Wildman–Crippen MR) is 101 cm³/mol. The molecule has 25 heavy (non-hydrogen) atoms. The number of aryl methyl sites for hydroxylation is 1. The van der Waals surface area contributed by atoms with Crippen LogP contribution in [0.25, 0.3) is 0 Å². The van der Waals surface area contributed by atoms with E-state index in [1.807, 2.05) is 18.7 Å². The van der Waals surface area contributed by atoms with Crippen molar-refractivity contribution < 1.29 is 9.59 Å². The zero-order chi connectivity index (χ0) is 18.0. The number of carbonyl (C=O) groups is 2. The molecule has 1 fully saturated rings. The second kappa shape index (κ2) is 7.85. The van der Waals surface area contributed by atoms with E-state index in [9.17, 15) is 9.59 Å². The summed E-state index contributed by atoms with van der Waals surface area (Å²) in [4.78, 5) is 32.3. The summed E-state index contributed by atoms with van der Waals surface area (Å²) in [5.74, 6) is 1.43. The van der Waals surface area contributed by atoms with Crippen LogP contribution in [-0.4, -0.2) is 34.8 Å². The topological polar surface area (TPSA) is 62.3 Å². The molecule has 6 heteroatoms. The van der Waals surface area contributed by atoms with E-state index in [2.05, 4.69) is 17.2 Å². The first-order valence-corrected chi connectivity index (χ1v) is 10.3. The minimum Gasteiger partial charge on any atom is -0.342 e. The van der Waals surface area contributed by atoms with Crippen LogP contribution in [0.3, 0.4) is 0 Å². The summed E-state index contributed by atoms with van der Waals surface area (Å²) in [7, 11) is 0. The largest absolute Gasteiger partial charge is 0.342 e. The Morgan fingerprint density at radius 3 is 2.68 bits per heavy atom. The van der Waals surface area contributed by atoms with Crippen molar-refractivity contribution >= 4 is 28.3 Å². The third-order valence-electron chi connectivity index (χ3n) is 5.33. The fourth-order valence-corrected chi connectivity index (χ4v) is 4.94. The molecule has 1 saturated heterocycles. The van der Waals surface area contributed by atoms with Gasteiger partial charge in [0.2, 0.25) is 11.8 Å². The predicted octanol–water partition coefficient (Wildman–Crippen LogP) is 3.49. The lowest BCUT2D eigenvalue weighted by atomic mass is 9.92. The first-order chi connectivity index (χ1) is 11.9. The van der Waals surface area contributed by atoms with Crippen molar-refractivity contribution in [2.24, 2.45) is 17.8 Å². The van der Waals surface area contributed by atoms with Crippen molar-refractivity contribution in [2.75, 3.05) is 18.4 Å². The molecule has 1 aliphatic heterocycles. The highest BCUT2D eigenvalue weighted by Gasteiger charge is 2.26. The molecule has 5 nitrogen and oxygen atoms in total. The summed E-state index contributed by atoms with van der Waals surface area (Å²) < 4.78 is 0. The van der Waals surface area contributed by atoms with Gasteiger partial charge in [-0.05, 0) is 43.9 Å². The second-order valence-corrected chi connectivity index (χ2v) is 9.00. The average molecular weight is 364 g/mol. The van der Waals surface area contributed by atoms with Gasteiger partial charge < -0.3 is 10.2 Å². The molecule has 0 radical (unpaired) electrons. The Labute approximate surface area is 154 Å². The summed E-state index contributed by atoms with van der Waals surface area (Å²) in [6, 6.07) is 0. The minimum atomic E-state index is 0.0542. The molecule has 1 aliphatic carbocycles. The van der Waals surface area contributed by atoms with Crippen LogP contribution in [0.15, 0.2) is 0 Å². The van der Waals surface area contributed by atoms with Crippen LogP contribution in [0.5, 0.6) is 0 Å². The summed E-state index contributed by atoms with van der Waals surface area (Å²) >= 11 is 1.64. The minimum absolute atomic E-state index is 0.0542. The number of nitrogens with zero attached hydrogens (tertiary/aromatic N) is 2. The second-order valence-electron chi connectivity index (χ2n) is 7.91. The molecule has 2 aliphatic rings. The van der Waals surface area contributed by atoms with Gasteiger partial charge in [-0.25, -0.2) is 4.98 Å². The number of thiazole rings is 1. The number of fused-ring (bicyclic) bond motifs is 1. The van der Waals surface area contributed by atoms with Crippen LogP contribution in [0, 0.1) is 17.8 Å². The van der Waals surface area contributed by atoms with Gasteiger partial charge in [0.1, 0.15) is 0 Å². The summed E-state index contributed by atoms with van der Waals surface area (Å²) in [6.45, 7) is 7.71. The van der Waals surface area contributed by atoms with E-state index in [4.69, 9.17) is 0 Å². The summed E-state index contributed by atoms with van der Waals surface area (Å²) in [5.41, 5.74) is 1.18. The molecule has 1 aromatic heterocycles. The van der Waals surface area contributed by atoms with Gasteiger partial charge >= 0.3 is 0 Å². The fourth-order valence-electron chi connectivity index (χ4n) is 3.75. The van der Waals surface area contributed by atoms with E-state index in [0.717, 1.165) is 49.8 Å². The van der Waals surface area contributed by atoms with Crippen molar-refractivity contribution in [3.63, 3.8) is 0 Å². The molecule has 1 aromatic rings. The lowest BCUT2D eigenvalue weighted by molar-refractivity contribution is -0.135. The van der Waals surface area contributed by atoms with Gasteiger partial charge in [0.15, 0.2) is 5.13 Å². The normalized spacial score (nSPS) is 21.3. The van der Waals surface area contributed by atoms with E-state index >= 15 is 0 Å².